The van der Waals surface area contributed by atoms with E-state index in [2.05, 4.69) is 4.98 Å². The van der Waals surface area contributed by atoms with Crippen LogP contribution in [0.2, 0.25) is 0 Å². The van der Waals surface area contributed by atoms with E-state index in [9.17, 15) is 4.79 Å². The Bertz CT molecular complexity index is 428. The van der Waals surface area contributed by atoms with Gasteiger partial charge in [0.1, 0.15) is 0 Å². The van der Waals surface area contributed by atoms with Crippen LogP contribution < -0.4 is 0 Å². The fourth-order valence-electron chi connectivity index (χ4n) is 2.78. The summed E-state index contributed by atoms with van der Waals surface area (Å²) in [4.78, 5) is 18.5. The summed E-state index contributed by atoms with van der Waals surface area (Å²) in [6.07, 6.45) is 6.55. The maximum Gasteiger partial charge on any atom is 0.228 e. The Balaban J connectivity index is 2.05. The van der Waals surface area contributed by atoms with Crippen LogP contribution in [0.1, 0.15) is 36.9 Å². The molecule has 1 aromatic rings. The molecular formula is C15H22N2O2. The zero-order chi connectivity index (χ0) is 13.7. The topological polar surface area (TPSA) is 53.4 Å². The van der Waals surface area contributed by atoms with Crippen molar-refractivity contribution in [1.29, 1.82) is 0 Å². The highest BCUT2D eigenvalue weighted by atomic mass is 16.3. The van der Waals surface area contributed by atoms with Gasteiger partial charge in [-0.3, -0.25) is 9.78 Å². The number of hydrogen-bond donors (Lipinski definition) is 1. The zero-order valence-electron chi connectivity index (χ0n) is 11.5. The molecule has 0 unspecified atom stereocenters. The molecule has 1 N–H and O–H groups in total. The van der Waals surface area contributed by atoms with E-state index in [1.165, 1.54) is 12.8 Å². The molecule has 0 radical (unpaired) electrons. The van der Waals surface area contributed by atoms with Crippen LogP contribution in [-0.4, -0.2) is 40.1 Å². The fourth-order valence-corrected chi connectivity index (χ4v) is 2.78. The molecule has 1 aliphatic carbocycles. The third kappa shape index (κ3) is 3.53. The normalized spacial score (nSPS) is 15.7. The number of aryl methyl sites for hydroxylation is 1. The van der Waals surface area contributed by atoms with Crippen LogP contribution in [0.5, 0.6) is 0 Å². The lowest BCUT2D eigenvalue weighted by Gasteiger charge is -2.28. The number of aromatic nitrogens is 1. The average molecular weight is 262 g/mol. The van der Waals surface area contributed by atoms with Crippen molar-refractivity contribution in [3.8, 4) is 0 Å². The van der Waals surface area contributed by atoms with Gasteiger partial charge in [-0.05, 0) is 31.4 Å². The quantitative estimate of drug-likeness (QED) is 0.878. The molecule has 4 nitrogen and oxygen atoms in total. The average Bonchev–Trinajstić information content (AvgIpc) is 2.92. The van der Waals surface area contributed by atoms with Crippen LogP contribution in [0, 0.1) is 6.92 Å². The molecule has 1 aliphatic rings. The summed E-state index contributed by atoms with van der Waals surface area (Å²) in [7, 11) is 0. The van der Waals surface area contributed by atoms with Crippen molar-refractivity contribution in [3.05, 3.63) is 29.6 Å². The van der Waals surface area contributed by atoms with Crippen molar-refractivity contribution in [3.63, 3.8) is 0 Å². The van der Waals surface area contributed by atoms with Gasteiger partial charge in [-0.25, -0.2) is 0 Å². The maximum atomic E-state index is 12.4. The van der Waals surface area contributed by atoms with E-state index in [4.69, 9.17) is 5.11 Å². The number of carbonyl (C=O) groups is 1. The monoisotopic (exact) mass is 262 g/mol. The minimum Gasteiger partial charge on any atom is -0.395 e. The maximum absolute atomic E-state index is 12.4. The van der Waals surface area contributed by atoms with Crippen LogP contribution in [-0.2, 0) is 11.2 Å². The van der Waals surface area contributed by atoms with Crippen molar-refractivity contribution < 1.29 is 9.90 Å². The van der Waals surface area contributed by atoms with Crippen molar-refractivity contribution in [1.82, 2.24) is 9.88 Å². The summed E-state index contributed by atoms with van der Waals surface area (Å²) in [5.74, 6) is 0.0859. The predicted octanol–water partition coefficient (Wildman–Crippen LogP) is 1.70. The highest BCUT2D eigenvalue weighted by molar-refractivity contribution is 5.79. The molecule has 0 saturated heterocycles. The predicted molar refractivity (Wildman–Crippen MR) is 73.7 cm³/mol. The molecule has 0 atom stereocenters. The van der Waals surface area contributed by atoms with E-state index >= 15 is 0 Å². The molecule has 0 aromatic carbocycles. The van der Waals surface area contributed by atoms with Gasteiger partial charge in [0.25, 0.3) is 0 Å². The summed E-state index contributed by atoms with van der Waals surface area (Å²) in [5.41, 5.74) is 1.89. The summed E-state index contributed by atoms with van der Waals surface area (Å²) >= 11 is 0. The number of pyridine rings is 1. The number of carbonyl (C=O) groups excluding carboxylic acids is 1. The number of amides is 1. The molecule has 0 bridgehead atoms. The smallest absolute Gasteiger partial charge is 0.228 e. The molecule has 4 heteroatoms. The SMILES string of the molecule is Cc1cccnc1CC(=O)N(CCO)C1CCCC1. The lowest BCUT2D eigenvalue weighted by Crippen LogP contribution is -2.41. The van der Waals surface area contributed by atoms with Crippen LogP contribution in [0.3, 0.4) is 0 Å². The van der Waals surface area contributed by atoms with E-state index in [1.807, 2.05) is 24.0 Å². The molecule has 19 heavy (non-hydrogen) atoms. The third-order valence-corrected chi connectivity index (χ3v) is 3.86. The summed E-state index contributed by atoms with van der Waals surface area (Å²) in [5, 5.41) is 9.16. The molecule has 1 saturated carbocycles. The van der Waals surface area contributed by atoms with E-state index in [0.717, 1.165) is 24.1 Å². The van der Waals surface area contributed by atoms with Gasteiger partial charge in [0, 0.05) is 18.8 Å². The lowest BCUT2D eigenvalue weighted by atomic mass is 10.1. The Morgan fingerprint density at radius 3 is 2.84 bits per heavy atom. The van der Waals surface area contributed by atoms with Crippen molar-refractivity contribution in [2.75, 3.05) is 13.2 Å². The second-order valence-corrected chi connectivity index (χ2v) is 5.19. The number of nitrogens with zero attached hydrogens (tertiary/aromatic N) is 2. The number of hydrogen-bond acceptors (Lipinski definition) is 3. The first-order valence-electron chi connectivity index (χ1n) is 7.03. The minimum absolute atomic E-state index is 0.0312. The lowest BCUT2D eigenvalue weighted by molar-refractivity contribution is -0.133. The van der Waals surface area contributed by atoms with E-state index < -0.39 is 0 Å². The van der Waals surface area contributed by atoms with Gasteiger partial charge in [0.05, 0.1) is 18.7 Å². The third-order valence-electron chi connectivity index (χ3n) is 3.86. The highest BCUT2D eigenvalue weighted by Gasteiger charge is 2.26. The molecule has 0 spiro atoms. The van der Waals surface area contributed by atoms with Gasteiger partial charge in [-0.15, -0.1) is 0 Å². The number of rotatable bonds is 5. The number of aliphatic hydroxyl groups excluding tert-OH is 1. The standard InChI is InChI=1S/C15H22N2O2/c1-12-5-4-8-16-14(12)11-15(19)17(9-10-18)13-6-2-3-7-13/h4-5,8,13,18H,2-3,6-7,9-11H2,1H3. The van der Waals surface area contributed by atoms with Crippen molar-refractivity contribution >= 4 is 5.91 Å². The Kier molecular flexibility index (Phi) is 4.91. The van der Waals surface area contributed by atoms with Gasteiger partial charge in [0.2, 0.25) is 5.91 Å². The zero-order valence-corrected chi connectivity index (χ0v) is 11.5. The minimum atomic E-state index is 0.0312. The van der Waals surface area contributed by atoms with Crippen LogP contribution in [0.4, 0.5) is 0 Å². The Morgan fingerprint density at radius 1 is 1.47 bits per heavy atom. The van der Waals surface area contributed by atoms with Gasteiger partial charge < -0.3 is 10.0 Å². The molecule has 0 aliphatic heterocycles. The van der Waals surface area contributed by atoms with Gasteiger partial charge in [0.15, 0.2) is 0 Å². The van der Waals surface area contributed by atoms with E-state index in [-0.39, 0.29) is 12.5 Å². The highest BCUT2D eigenvalue weighted by Crippen LogP contribution is 2.24. The Hall–Kier alpha value is -1.42. The van der Waals surface area contributed by atoms with Crippen LogP contribution in [0.15, 0.2) is 18.3 Å². The summed E-state index contributed by atoms with van der Waals surface area (Å²) in [6, 6.07) is 4.16. The first kappa shape index (κ1) is 14.0. The first-order valence-corrected chi connectivity index (χ1v) is 7.03. The van der Waals surface area contributed by atoms with Gasteiger partial charge in [-0.1, -0.05) is 18.9 Å². The van der Waals surface area contributed by atoms with Crippen molar-refractivity contribution in [2.24, 2.45) is 0 Å². The molecule has 1 heterocycles. The van der Waals surface area contributed by atoms with Crippen LogP contribution in [0.25, 0.3) is 0 Å². The fraction of sp³-hybridized carbons (Fsp3) is 0.600. The van der Waals surface area contributed by atoms with Crippen LogP contribution >= 0.6 is 0 Å². The van der Waals surface area contributed by atoms with Gasteiger partial charge >= 0.3 is 0 Å². The molecule has 1 aromatic heterocycles. The summed E-state index contributed by atoms with van der Waals surface area (Å²) in [6.45, 7) is 2.44. The Morgan fingerprint density at radius 2 is 2.21 bits per heavy atom. The summed E-state index contributed by atoms with van der Waals surface area (Å²) < 4.78 is 0. The molecule has 104 valence electrons. The molecular weight excluding hydrogens is 240 g/mol. The molecule has 1 amide bonds. The Labute approximate surface area is 114 Å². The molecule has 2 rings (SSSR count). The second kappa shape index (κ2) is 6.66. The largest absolute Gasteiger partial charge is 0.395 e. The number of aliphatic hydroxyl groups is 1. The molecule has 1 fully saturated rings. The van der Waals surface area contributed by atoms with Crippen molar-refractivity contribution in [2.45, 2.75) is 45.1 Å². The van der Waals surface area contributed by atoms with Gasteiger partial charge in [-0.2, -0.15) is 0 Å². The van der Waals surface area contributed by atoms with E-state index in [1.54, 1.807) is 6.20 Å². The van der Waals surface area contributed by atoms with E-state index in [0.29, 0.717) is 19.0 Å². The first-order chi connectivity index (χ1) is 9.22. The second-order valence-electron chi connectivity index (χ2n) is 5.19.